The minimum absolute atomic E-state index is 0.0273. The van der Waals surface area contributed by atoms with E-state index >= 15 is 0 Å². The van der Waals surface area contributed by atoms with Crippen molar-refractivity contribution in [2.75, 3.05) is 14.2 Å². The predicted molar refractivity (Wildman–Crippen MR) is 81.5 cm³/mol. The first kappa shape index (κ1) is 15.5. The lowest BCUT2D eigenvalue weighted by Gasteiger charge is -2.24. The number of hydrogen-bond acceptors (Lipinski definition) is 5. The molecule has 0 N–H and O–H groups in total. The van der Waals surface area contributed by atoms with Crippen molar-refractivity contribution in [2.45, 2.75) is 18.8 Å². The van der Waals surface area contributed by atoms with Gasteiger partial charge in [-0.3, -0.25) is 14.4 Å². The second-order valence-corrected chi connectivity index (χ2v) is 6.06. The molecule has 0 saturated heterocycles. The first-order valence-electron chi connectivity index (χ1n) is 7.49. The maximum atomic E-state index is 12.4. The number of hydrogen-bond donors (Lipinski definition) is 0. The van der Waals surface area contributed by atoms with Gasteiger partial charge in [0.2, 0.25) is 0 Å². The second kappa shape index (κ2) is 5.65. The fourth-order valence-electron chi connectivity index (χ4n) is 3.86. The summed E-state index contributed by atoms with van der Waals surface area (Å²) in [6.07, 6.45) is 2.01. The van der Waals surface area contributed by atoms with Crippen molar-refractivity contribution in [3.63, 3.8) is 0 Å². The van der Waals surface area contributed by atoms with Gasteiger partial charge in [0, 0.05) is 0 Å². The molecule has 0 bridgehead atoms. The number of benzene rings is 1. The van der Waals surface area contributed by atoms with E-state index in [1.807, 2.05) is 30.3 Å². The van der Waals surface area contributed by atoms with Crippen molar-refractivity contribution in [1.82, 2.24) is 0 Å². The molecule has 0 heterocycles. The number of methoxy groups -OCH3 is 2. The summed E-state index contributed by atoms with van der Waals surface area (Å²) in [6, 6.07) is 9.44. The first-order valence-corrected chi connectivity index (χ1v) is 7.49. The molecule has 23 heavy (non-hydrogen) atoms. The summed E-state index contributed by atoms with van der Waals surface area (Å²) in [5.74, 6) is -1.68. The van der Waals surface area contributed by atoms with Crippen LogP contribution in [-0.4, -0.2) is 31.9 Å². The van der Waals surface area contributed by atoms with Gasteiger partial charge in [-0.25, -0.2) is 0 Å². The third-order valence-corrected chi connectivity index (χ3v) is 4.90. The van der Waals surface area contributed by atoms with Crippen LogP contribution in [0.15, 0.2) is 42.0 Å². The van der Waals surface area contributed by atoms with Crippen LogP contribution < -0.4 is 0 Å². The number of ether oxygens (including phenoxy) is 2. The molecule has 0 aromatic heterocycles. The Balaban J connectivity index is 1.99. The highest BCUT2D eigenvalue weighted by molar-refractivity contribution is 6.04. The Bertz CT molecular complexity index is 673. The van der Waals surface area contributed by atoms with Crippen LogP contribution in [0.5, 0.6) is 0 Å². The Labute approximate surface area is 134 Å². The van der Waals surface area contributed by atoms with Gasteiger partial charge in [0.05, 0.1) is 20.1 Å². The number of allylic oxidation sites excluding steroid dienone is 2. The Kier molecular flexibility index (Phi) is 3.80. The van der Waals surface area contributed by atoms with Crippen molar-refractivity contribution in [2.24, 2.45) is 11.3 Å². The maximum Gasteiger partial charge on any atom is 0.323 e. The van der Waals surface area contributed by atoms with Gasteiger partial charge in [-0.2, -0.15) is 0 Å². The highest BCUT2D eigenvalue weighted by atomic mass is 16.5. The molecule has 0 spiro atoms. The molecule has 0 amide bonds. The molecule has 2 atom stereocenters. The zero-order valence-corrected chi connectivity index (χ0v) is 13.1. The topological polar surface area (TPSA) is 69.7 Å². The second-order valence-electron chi connectivity index (χ2n) is 6.06. The van der Waals surface area contributed by atoms with Gasteiger partial charge in [-0.05, 0) is 30.4 Å². The van der Waals surface area contributed by atoms with Crippen molar-refractivity contribution in [3.05, 3.63) is 47.5 Å². The van der Waals surface area contributed by atoms with Crippen LogP contribution in [0.3, 0.4) is 0 Å². The molecule has 0 radical (unpaired) electrons. The molecule has 120 valence electrons. The van der Waals surface area contributed by atoms with E-state index in [1.165, 1.54) is 14.2 Å². The first-order chi connectivity index (χ1) is 11.0. The van der Waals surface area contributed by atoms with Gasteiger partial charge in [0.25, 0.3) is 0 Å². The molecule has 1 aromatic carbocycles. The van der Waals surface area contributed by atoms with Crippen LogP contribution in [-0.2, 0) is 23.9 Å². The summed E-state index contributed by atoms with van der Waals surface area (Å²) in [7, 11) is 2.52. The lowest BCUT2D eigenvalue weighted by atomic mass is 9.80. The highest BCUT2D eigenvalue weighted by Gasteiger charge is 2.59. The zero-order chi connectivity index (χ0) is 16.6. The summed E-state index contributed by atoms with van der Waals surface area (Å²) in [5.41, 5.74) is 0.396. The number of ketones is 1. The van der Waals surface area contributed by atoms with Gasteiger partial charge in [-0.15, -0.1) is 0 Å². The SMILES string of the molecule is COC(=O)C1(C(=O)OC)CC2=CC(=O)[C@H](c3ccccc3)[C@@H]2C1. The van der Waals surface area contributed by atoms with Gasteiger partial charge in [-0.1, -0.05) is 35.9 Å². The van der Waals surface area contributed by atoms with Crippen molar-refractivity contribution in [3.8, 4) is 0 Å². The van der Waals surface area contributed by atoms with Crippen molar-refractivity contribution < 1.29 is 23.9 Å². The summed E-state index contributed by atoms with van der Waals surface area (Å²) < 4.78 is 9.68. The van der Waals surface area contributed by atoms with E-state index < -0.39 is 17.4 Å². The summed E-state index contributed by atoms with van der Waals surface area (Å²) in [5, 5.41) is 0. The number of carbonyl (C=O) groups excluding carboxylic acids is 3. The molecule has 5 nitrogen and oxygen atoms in total. The zero-order valence-electron chi connectivity index (χ0n) is 13.1. The van der Waals surface area contributed by atoms with Gasteiger partial charge in [0.15, 0.2) is 11.2 Å². The largest absolute Gasteiger partial charge is 0.468 e. The third-order valence-electron chi connectivity index (χ3n) is 4.90. The standard InChI is InChI=1S/C18H18O5/c1-22-16(20)18(17(21)23-2)9-12-8-14(19)15(13(12)10-18)11-6-4-3-5-7-11/h3-8,13,15H,9-10H2,1-2H3/t13-,15-/m1/s1. The molecule has 0 aliphatic heterocycles. The average Bonchev–Trinajstić information content (AvgIpc) is 3.08. The number of esters is 2. The lowest BCUT2D eigenvalue weighted by Crippen LogP contribution is -2.39. The third kappa shape index (κ3) is 2.27. The highest BCUT2D eigenvalue weighted by Crippen LogP contribution is 2.55. The average molecular weight is 314 g/mol. The van der Waals surface area contributed by atoms with Gasteiger partial charge in [0.1, 0.15) is 0 Å². The maximum absolute atomic E-state index is 12.4. The van der Waals surface area contributed by atoms with Crippen LogP contribution in [0, 0.1) is 11.3 Å². The monoisotopic (exact) mass is 314 g/mol. The molecule has 2 aliphatic rings. The fraction of sp³-hybridized carbons (Fsp3) is 0.389. The Hall–Kier alpha value is -2.43. The van der Waals surface area contributed by atoms with Gasteiger partial charge < -0.3 is 9.47 Å². The van der Waals surface area contributed by atoms with Gasteiger partial charge >= 0.3 is 11.9 Å². The molecule has 1 saturated carbocycles. The number of fused-ring (bicyclic) bond motifs is 1. The van der Waals surface area contributed by atoms with Crippen LogP contribution in [0.2, 0.25) is 0 Å². The van der Waals surface area contributed by atoms with Crippen LogP contribution in [0.4, 0.5) is 0 Å². The summed E-state index contributed by atoms with van der Waals surface area (Å²) in [4.78, 5) is 36.9. The molecular weight excluding hydrogens is 296 g/mol. The van der Waals surface area contributed by atoms with E-state index in [4.69, 9.17) is 9.47 Å². The van der Waals surface area contributed by atoms with Crippen molar-refractivity contribution in [1.29, 1.82) is 0 Å². The number of rotatable bonds is 3. The minimum Gasteiger partial charge on any atom is -0.468 e. The molecule has 5 heteroatoms. The Morgan fingerprint density at radius 1 is 1.09 bits per heavy atom. The summed E-state index contributed by atoms with van der Waals surface area (Å²) >= 11 is 0. The number of carbonyl (C=O) groups is 3. The van der Waals surface area contributed by atoms with Crippen molar-refractivity contribution >= 4 is 17.7 Å². The Morgan fingerprint density at radius 3 is 2.26 bits per heavy atom. The van der Waals surface area contributed by atoms with Crippen LogP contribution in [0.1, 0.15) is 24.3 Å². The van der Waals surface area contributed by atoms with Crippen LogP contribution >= 0.6 is 0 Å². The smallest absolute Gasteiger partial charge is 0.323 e. The lowest BCUT2D eigenvalue weighted by molar-refractivity contribution is -0.169. The minimum atomic E-state index is -1.34. The molecular formula is C18H18O5. The predicted octanol–water partition coefficient (Wildman–Crippen LogP) is 2.02. The van der Waals surface area contributed by atoms with Crippen LogP contribution in [0.25, 0.3) is 0 Å². The normalized spacial score (nSPS) is 24.8. The molecule has 2 aliphatic carbocycles. The quantitative estimate of drug-likeness (QED) is 0.630. The fourth-order valence-corrected chi connectivity index (χ4v) is 3.86. The molecule has 0 unspecified atom stereocenters. The van der Waals surface area contributed by atoms with E-state index in [2.05, 4.69) is 0 Å². The summed E-state index contributed by atoms with van der Waals surface area (Å²) in [6.45, 7) is 0. The van der Waals surface area contributed by atoms with E-state index in [0.717, 1.165) is 11.1 Å². The van der Waals surface area contributed by atoms with E-state index in [-0.39, 0.29) is 30.5 Å². The van der Waals surface area contributed by atoms with E-state index in [1.54, 1.807) is 6.08 Å². The molecule has 3 rings (SSSR count). The molecule has 1 aromatic rings. The van der Waals surface area contributed by atoms with E-state index in [0.29, 0.717) is 0 Å². The Morgan fingerprint density at radius 2 is 1.70 bits per heavy atom. The van der Waals surface area contributed by atoms with E-state index in [9.17, 15) is 14.4 Å². The molecule has 1 fully saturated rings.